The van der Waals surface area contributed by atoms with Crippen molar-refractivity contribution in [3.63, 3.8) is 0 Å². The molecule has 8 nitrogen and oxygen atoms in total. The van der Waals surface area contributed by atoms with Crippen molar-refractivity contribution in [2.75, 3.05) is 26.4 Å². The largest absolute Gasteiger partial charge is 0.379 e. The molecular weight excluding hydrogens is 512 g/mol. The van der Waals surface area contributed by atoms with Gasteiger partial charge < -0.3 is 9.47 Å². The summed E-state index contributed by atoms with van der Waals surface area (Å²) in [6.07, 6.45) is 11.0. The Morgan fingerprint density at radius 1 is 0.600 bits per heavy atom. The lowest BCUT2D eigenvalue weighted by Crippen LogP contribution is -2.21. The first-order chi connectivity index (χ1) is 19.6. The van der Waals surface area contributed by atoms with Gasteiger partial charge in [-0.2, -0.15) is 0 Å². The van der Waals surface area contributed by atoms with Gasteiger partial charge in [-0.15, -0.1) is 9.78 Å². The van der Waals surface area contributed by atoms with Gasteiger partial charge in [-0.3, -0.25) is 9.78 Å². The maximum absolute atomic E-state index is 12.5. The Bertz CT molecular complexity index is 871. The molecule has 0 saturated carbocycles. The molecule has 40 heavy (non-hydrogen) atoms. The highest BCUT2D eigenvalue weighted by Gasteiger charge is 2.22. The molecule has 0 N–H and O–H groups in total. The molecule has 0 atom stereocenters. The smallest absolute Gasteiger partial charge is 0.373 e. The van der Waals surface area contributed by atoms with Gasteiger partial charge in [0.05, 0.1) is 24.3 Å². The zero-order valence-corrected chi connectivity index (χ0v) is 24.0. The molecule has 0 spiro atoms. The van der Waals surface area contributed by atoms with Crippen molar-refractivity contribution in [3.8, 4) is 0 Å². The molecule has 2 radical (unpaired) electrons. The van der Waals surface area contributed by atoms with Crippen molar-refractivity contribution in [2.45, 2.75) is 78.1 Å². The van der Waals surface area contributed by atoms with Gasteiger partial charge in [0.1, 0.15) is 6.61 Å². The molecule has 2 aromatic carbocycles. The fourth-order valence-corrected chi connectivity index (χ4v) is 3.83. The maximum Gasteiger partial charge on any atom is 0.373 e. The molecule has 0 aromatic heterocycles. The molecule has 0 heterocycles. The van der Waals surface area contributed by atoms with E-state index in [1.54, 1.807) is 24.3 Å². The molecule has 0 aliphatic carbocycles. The van der Waals surface area contributed by atoms with Crippen molar-refractivity contribution < 1.29 is 38.6 Å². The van der Waals surface area contributed by atoms with Crippen LogP contribution in [-0.2, 0) is 41.9 Å². The first-order valence-corrected chi connectivity index (χ1v) is 14.3. The topological polar surface area (TPSA) is 89.5 Å². The third kappa shape index (κ3) is 14.0. The third-order valence-corrected chi connectivity index (χ3v) is 6.17. The van der Waals surface area contributed by atoms with Gasteiger partial charge in [0.25, 0.3) is 0 Å². The predicted molar refractivity (Wildman–Crippen MR) is 152 cm³/mol. The normalized spacial score (nSPS) is 11.1. The van der Waals surface area contributed by atoms with E-state index < -0.39 is 11.9 Å². The zero-order valence-electron chi connectivity index (χ0n) is 24.0. The van der Waals surface area contributed by atoms with Crippen molar-refractivity contribution in [2.24, 2.45) is 0 Å². The molecule has 0 bridgehead atoms. The summed E-state index contributed by atoms with van der Waals surface area (Å²) in [5.74, 6) is -1.44. The molecule has 0 aliphatic heterocycles. The summed E-state index contributed by atoms with van der Waals surface area (Å²) >= 11 is 0. The Kier molecular flexibility index (Phi) is 17.6. The number of hydrogen-bond acceptors (Lipinski definition) is 8. The molecule has 8 heteroatoms. The van der Waals surface area contributed by atoms with Crippen molar-refractivity contribution >= 4 is 11.9 Å². The molecule has 0 fully saturated rings. The fraction of sp³-hybridized carbons (Fsp3) is 0.500. The van der Waals surface area contributed by atoms with E-state index in [0.29, 0.717) is 24.3 Å². The van der Waals surface area contributed by atoms with Crippen LogP contribution in [0.25, 0.3) is 0 Å². The second-order valence-electron chi connectivity index (χ2n) is 9.46. The van der Waals surface area contributed by atoms with Crippen LogP contribution in [0.5, 0.6) is 0 Å². The SMILES string of the molecule is [CH2]COCCOC[C](OOC(=O)c1ccc(CCCCCC)cc1)OOC(=O)c1ccc(CCCCCC)cc1. The standard InChI is InChI=1S/C32H44O8/c1-4-7-9-11-13-26-15-19-28(20-16-26)31(33)39-37-30(25-36-24-23-35-6-3)38-40-32(34)29-21-17-27(18-22-29)14-12-10-8-5-2/h15-22H,3-14,23-25H2,1-2H3. The summed E-state index contributed by atoms with van der Waals surface area (Å²) in [5.41, 5.74) is 2.93. The Hall–Kier alpha value is -2.78. The van der Waals surface area contributed by atoms with Crippen LogP contribution < -0.4 is 0 Å². The number of carbonyl (C=O) groups is 2. The van der Waals surface area contributed by atoms with Crippen LogP contribution in [0.15, 0.2) is 48.5 Å². The number of carbonyl (C=O) groups excluding carboxylic acids is 2. The summed E-state index contributed by atoms with van der Waals surface area (Å²) in [5, 5.41) is 0. The Morgan fingerprint density at radius 2 is 1.05 bits per heavy atom. The van der Waals surface area contributed by atoms with Gasteiger partial charge in [0, 0.05) is 6.61 Å². The zero-order chi connectivity index (χ0) is 28.8. The van der Waals surface area contributed by atoms with E-state index in [1.807, 2.05) is 24.3 Å². The molecule has 2 aromatic rings. The van der Waals surface area contributed by atoms with E-state index in [9.17, 15) is 9.59 Å². The van der Waals surface area contributed by atoms with Crippen LogP contribution in [0.2, 0.25) is 0 Å². The average molecular weight is 557 g/mol. The van der Waals surface area contributed by atoms with Gasteiger partial charge in [-0.05, 0) is 68.0 Å². The second kappa shape index (κ2) is 21.0. The average Bonchev–Trinajstić information content (AvgIpc) is 2.98. The van der Waals surface area contributed by atoms with E-state index in [4.69, 9.17) is 29.0 Å². The van der Waals surface area contributed by atoms with Crippen LogP contribution in [-0.4, -0.2) is 38.4 Å². The highest BCUT2D eigenvalue weighted by Crippen LogP contribution is 2.15. The molecule has 0 unspecified atom stereocenters. The summed E-state index contributed by atoms with van der Waals surface area (Å²) in [6.45, 7) is 8.49. The number of unbranched alkanes of at least 4 members (excludes halogenated alkanes) is 6. The van der Waals surface area contributed by atoms with Gasteiger partial charge in [-0.25, -0.2) is 9.59 Å². The number of benzene rings is 2. The van der Waals surface area contributed by atoms with Gasteiger partial charge in [-0.1, -0.05) is 76.6 Å². The molecular formula is C32H44O8. The van der Waals surface area contributed by atoms with Crippen LogP contribution in [0.3, 0.4) is 0 Å². The van der Waals surface area contributed by atoms with E-state index in [-0.39, 0.29) is 19.5 Å². The van der Waals surface area contributed by atoms with Crippen molar-refractivity contribution in [3.05, 3.63) is 84.0 Å². The first-order valence-electron chi connectivity index (χ1n) is 14.3. The lowest BCUT2D eigenvalue weighted by Gasteiger charge is -2.14. The van der Waals surface area contributed by atoms with Crippen LogP contribution in [0.4, 0.5) is 0 Å². The summed E-state index contributed by atoms with van der Waals surface area (Å²) < 4.78 is 10.5. The third-order valence-electron chi connectivity index (χ3n) is 6.17. The summed E-state index contributed by atoms with van der Waals surface area (Å²) in [6, 6.07) is 14.3. The number of hydrogen-bond donors (Lipinski definition) is 0. The monoisotopic (exact) mass is 556 g/mol. The first kappa shape index (κ1) is 33.4. The highest BCUT2D eigenvalue weighted by atomic mass is 17.3. The van der Waals surface area contributed by atoms with E-state index in [2.05, 4.69) is 20.8 Å². The maximum atomic E-state index is 12.5. The highest BCUT2D eigenvalue weighted by molar-refractivity contribution is 5.89. The van der Waals surface area contributed by atoms with E-state index >= 15 is 0 Å². The Balaban J connectivity index is 1.85. The van der Waals surface area contributed by atoms with E-state index in [0.717, 1.165) is 36.8 Å². The lowest BCUT2D eigenvalue weighted by atomic mass is 10.0. The number of rotatable bonds is 22. The van der Waals surface area contributed by atoms with Crippen LogP contribution in [0, 0.1) is 13.2 Å². The predicted octanol–water partition coefficient (Wildman–Crippen LogP) is 7.17. The van der Waals surface area contributed by atoms with Gasteiger partial charge in [0.2, 0.25) is 0 Å². The lowest BCUT2D eigenvalue weighted by molar-refractivity contribution is -0.368. The second-order valence-corrected chi connectivity index (χ2v) is 9.46. The Morgan fingerprint density at radius 3 is 1.48 bits per heavy atom. The van der Waals surface area contributed by atoms with Crippen molar-refractivity contribution in [1.29, 1.82) is 0 Å². The minimum Gasteiger partial charge on any atom is -0.379 e. The van der Waals surface area contributed by atoms with E-state index in [1.165, 1.54) is 38.5 Å². The molecule has 2 rings (SSSR count). The minimum absolute atomic E-state index is 0.201. The van der Waals surface area contributed by atoms with Crippen LogP contribution >= 0.6 is 0 Å². The number of ether oxygens (including phenoxy) is 2. The van der Waals surface area contributed by atoms with Crippen molar-refractivity contribution in [1.82, 2.24) is 0 Å². The minimum atomic E-state index is -0.722. The summed E-state index contributed by atoms with van der Waals surface area (Å²) in [7, 11) is 0. The van der Waals surface area contributed by atoms with Gasteiger partial charge in [0.15, 0.2) is 0 Å². The van der Waals surface area contributed by atoms with Gasteiger partial charge >= 0.3 is 18.2 Å². The number of aryl methyl sites for hydroxylation is 2. The molecule has 220 valence electrons. The fourth-order valence-electron chi connectivity index (χ4n) is 3.83. The molecule has 0 aliphatic rings. The molecule has 0 saturated heterocycles. The summed E-state index contributed by atoms with van der Waals surface area (Å²) in [4.78, 5) is 44.9. The molecule has 0 amide bonds. The van der Waals surface area contributed by atoms with Crippen LogP contribution in [0.1, 0.15) is 97.1 Å². The Labute approximate surface area is 239 Å². The quantitative estimate of drug-likeness (QED) is 0.0857.